The Morgan fingerprint density at radius 1 is 1.26 bits per heavy atom. The lowest BCUT2D eigenvalue weighted by Crippen LogP contribution is -2.35. The second kappa shape index (κ2) is 6.11. The van der Waals surface area contributed by atoms with Crippen molar-refractivity contribution in [3.8, 4) is 17.2 Å². The van der Waals surface area contributed by atoms with Gasteiger partial charge in [0.1, 0.15) is 0 Å². The van der Waals surface area contributed by atoms with Gasteiger partial charge in [0.05, 0.1) is 27.0 Å². The van der Waals surface area contributed by atoms with Crippen LogP contribution in [-0.4, -0.2) is 52.4 Å². The molecule has 2 aliphatic heterocycles. The molecule has 130 valence electrons. The van der Waals surface area contributed by atoms with Crippen molar-refractivity contribution in [2.45, 2.75) is 37.6 Å². The lowest BCUT2D eigenvalue weighted by Gasteiger charge is -2.31. The third-order valence-corrected chi connectivity index (χ3v) is 5.49. The highest BCUT2D eigenvalue weighted by Crippen LogP contribution is 2.53. The molecule has 5 heteroatoms. The smallest absolute Gasteiger partial charge is 0.205 e. The number of benzene rings is 1. The largest absolute Gasteiger partial charge is 0.493 e. The molecular weight excluding hydrogens is 292 g/mol. The van der Waals surface area contributed by atoms with Gasteiger partial charge in [-0.15, -0.1) is 0 Å². The zero-order valence-corrected chi connectivity index (χ0v) is 14.9. The molecule has 2 aliphatic rings. The summed E-state index contributed by atoms with van der Waals surface area (Å²) in [6, 6.07) is 2.76. The Hall–Kier alpha value is -1.62. The molecule has 3 rings (SSSR count). The predicted molar refractivity (Wildman–Crippen MR) is 94.3 cm³/mol. The Bertz CT molecular complexity index is 596. The van der Waals surface area contributed by atoms with Crippen LogP contribution in [0, 0.1) is 0 Å². The molecule has 2 atom stereocenters. The topological polar surface area (TPSA) is 43.0 Å². The van der Waals surface area contributed by atoms with E-state index in [0.717, 1.165) is 30.2 Å². The summed E-state index contributed by atoms with van der Waals surface area (Å²) in [6.07, 6.45) is 3.72. The van der Waals surface area contributed by atoms with E-state index in [0.29, 0.717) is 11.8 Å². The number of ether oxygens (including phenoxy) is 3. The second-order valence-corrected chi connectivity index (χ2v) is 6.96. The summed E-state index contributed by atoms with van der Waals surface area (Å²) in [5.74, 6) is 2.13. The van der Waals surface area contributed by atoms with E-state index >= 15 is 0 Å². The third kappa shape index (κ3) is 2.61. The standard InChI is InChI=1S/C18H28N2O3.H2/c1-18(10-12-7-6-8-20(12)2)11-19-15-13(18)9-14(21-3)16(22-4)17(15)23-5;/h9,12,19H,6-8,10-11H2,1-5H3;1H/t12-,18?;/m1./s1. The summed E-state index contributed by atoms with van der Waals surface area (Å²) in [4.78, 5) is 2.49. The highest BCUT2D eigenvalue weighted by molar-refractivity contribution is 5.76. The van der Waals surface area contributed by atoms with Crippen LogP contribution in [0.3, 0.4) is 0 Å². The van der Waals surface area contributed by atoms with Crippen LogP contribution in [0.25, 0.3) is 0 Å². The van der Waals surface area contributed by atoms with Gasteiger partial charge in [0.2, 0.25) is 5.75 Å². The van der Waals surface area contributed by atoms with Gasteiger partial charge in [-0.1, -0.05) is 6.92 Å². The zero-order valence-electron chi connectivity index (χ0n) is 14.9. The second-order valence-electron chi connectivity index (χ2n) is 6.96. The van der Waals surface area contributed by atoms with E-state index in [-0.39, 0.29) is 6.84 Å². The van der Waals surface area contributed by atoms with Crippen LogP contribution in [0.1, 0.15) is 33.2 Å². The van der Waals surface area contributed by atoms with Crippen LogP contribution < -0.4 is 19.5 Å². The molecule has 5 nitrogen and oxygen atoms in total. The van der Waals surface area contributed by atoms with Crippen LogP contribution in [0.5, 0.6) is 17.2 Å². The van der Waals surface area contributed by atoms with Gasteiger partial charge in [-0.2, -0.15) is 0 Å². The summed E-state index contributed by atoms with van der Waals surface area (Å²) in [6.45, 7) is 4.46. The van der Waals surface area contributed by atoms with Gasteiger partial charge in [0, 0.05) is 19.4 Å². The number of methoxy groups -OCH3 is 3. The first-order chi connectivity index (χ1) is 11.0. The van der Waals surface area contributed by atoms with Gasteiger partial charge in [-0.3, -0.25) is 0 Å². The van der Waals surface area contributed by atoms with Crippen molar-refractivity contribution in [1.29, 1.82) is 0 Å². The number of rotatable bonds is 5. The molecular formula is C18H30N2O3. The van der Waals surface area contributed by atoms with Crippen molar-refractivity contribution < 1.29 is 15.6 Å². The summed E-state index contributed by atoms with van der Waals surface area (Å²) < 4.78 is 16.7. The van der Waals surface area contributed by atoms with Crippen LogP contribution >= 0.6 is 0 Å². The maximum Gasteiger partial charge on any atom is 0.205 e. The molecule has 1 aromatic carbocycles. The Morgan fingerprint density at radius 3 is 2.57 bits per heavy atom. The normalized spacial score (nSPS) is 26.7. The minimum Gasteiger partial charge on any atom is -0.493 e. The molecule has 0 amide bonds. The van der Waals surface area contributed by atoms with E-state index in [1.54, 1.807) is 21.3 Å². The molecule has 2 heterocycles. The van der Waals surface area contributed by atoms with Gasteiger partial charge in [0.15, 0.2) is 11.5 Å². The average Bonchev–Trinajstić information content (AvgIpc) is 3.09. The molecule has 0 bridgehead atoms. The highest BCUT2D eigenvalue weighted by Gasteiger charge is 2.41. The average molecular weight is 322 g/mol. The summed E-state index contributed by atoms with van der Waals surface area (Å²) in [7, 11) is 7.24. The molecule has 0 spiro atoms. The molecule has 1 saturated heterocycles. The van der Waals surface area contributed by atoms with Crippen molar-refractivity contribution in [2.24, 2.45) is 0 Å². The number of likely N-dealkylation sites (tertiary alicyclic amines) is 1. The molecule has 1 N–H and O–H groups in total. The van der Waals surface area contributed by atoms with Gasteiger partial charge < -0.3 is 24.4 Å². The Balaban J connectivity index is 0.00000208. The fraction of sp³-hybridized carbons (Fsp3) is 0.667. The quantitative estimate of drug-likeness (QED) is 0.902. The molecule has 0 saturated carbocycles. The van der Waals surface area contributed by atoms with E-state index in [1.807, 2.05) is 0 Å². The first-order valence-electron chi connectivity index (χ1n) is 8.31. The highest BCUT2D eigenvalue weighted by atomic mass is 16.5. The first kappa shape index (κ1) is 16.2. The Labute approximate surface area is 140 Å². The van der Waals surface area contributed by atoms with E-state index in [4.69, 9.17) is 14.2 Å². The van der Waals surface area contributed by atoms with Gasteiger partial charge >= 0.3 is 0 Å². The molecule has 1 fully saturated rings. The van der Waals surface area contributed by atoms with E-state index in [2.05, 4.69) is 30.3 Å². The van der Waals surface area contributed by atoms with Crippen molar-refractivity contribution in [3.05, 3.63) is 11.6 Å². The number of nitrogens with one attached hydrogen (secondary N) is 1. The predicted octanol–water partition coefficient (Wildman–Crippen LogP) is 3.13. The monoisotopic (exact) mass is 322 g/mol. The van der Waals surface area contributed by atoms with Crippen LogP contribution in [0.4, 0.5) is 5.69 Å². The lowest BCUT2D eigenvalue weighted by molar-refractivity contribution is 0.254. The van der Waals surface area contributed by atoms with E-state index < -0.39 is 0 Å². The summed E-state index contributed by atoms with van der Waals surface area (Å²) in [5, 5.41) is 3.55. The minimum atomic E-state index is 0. The number of anilines is 1. The number of nitrogens with zero attached hydrogens (tertiary/aromatic N) is 1. The maximum atomic E-state index is 5.63. The van der Waals surface area contributed by atoms with E-state index in [1.165, 1.54) is 24.9 Å². The number of hydrogen-bond donors (Lipinski definition) is 1. The minimum absolute atomic E-state index is 0. The molecule has 0 aliphatic carbocycles. The van der Waals surface area contributed by atoms with Crippen LogP contribution in [0.15, 0.2) is 6.07 Å². The summed E-state index contributed by atoms with van der Waals surface area (Å²) >= 11 is 0. The van der Waals surface area contributed by atoms with Crippen LogP contribution in [0.2, 0.25) is 0 Å². The van der Waals surface area contributed by atoms with Gasteiger partial charge in [-0.25, -0.2) is 0 Å². The molecule has 0 aromatic heterocycles. The van der Waals surface area contributed by atoms with Gasteiger partial charge in [0.25, 0.3) is 0 Å². The van der Waals surface area contributed by atoms with Crippen LogP contribution in [-0.2, 0) is 5.41 Å². The van der Waals surface area contributed by atoms with E-state index in [9.17, 15) is 0 Å². The molecule has 0 radical (unpaired) electrons. The molecule has 1 aromatic rings. The third-order valence-electron chi connectivity index (χ3n) is 5.49. The molecule has 1 unspecified atom stereocenters. The number of hydrogen-bond acceptors (Lipinski definition) is 5. The zero-order chi connectivity index (χ0) is 16.6. The Kier molecular flexibility index (Phi) is 4.32. The maximum absolute atomic E-state index is 5.63. The van der Waals surface area contributed by atoms with Crippen molar-refractivity contribution in [1.82, 2.24) is 4.90 Å². The van der Waals surface area contributed by atoms with Gasteiger partial charge in [-0.05, 0) is 44.5 Å². The van der Waals surface area contributed by atoms with Crippen molar-refractivity contribution >= 4 is 5.69 Å². The summed E-state index contributed by atoms with van der Waals surface area (Å²) in [5.41, 5.74) is 2.39. The van der Waals surface area contributed by atoms with Crippen molar-refractivity contribution in [2.75, 3.05) is 46.8 Å². The van der Waals surface area contributed by atoms with Crippen molar-refractivity contribution in [3.63, 3.8) is 0 Å². The molecule has 23 heavy (non-hydrogen) atoms. The Morgan fingerprint density at radius 2 is 2.00 bits per heavy atom. The fourth-order valence-electron chi connectivity index (χ4n) is 4.13. The fourth-order valence-corrected chi connectivity index (χ4v) is 4.13. The lowest BCUT2D eigenvalue weighted by atomic mass is 9.78. The first-order valence-corrected chi connectivity index (χ1v) is 8.31. The number of fused-ring (bicyclic) bond motifs is 1. The SMILES string of the molecule is COc1cc2c(c(OC)c1OC)NCC2(C)C[C@H]1CCCN1C.[HH].